The van der Waals surface area contributed by atoms with Crippen LogP contribution < -0.4 is 15.4 Å². The molecule has 10 heteroatoms. The lowest BCUT2D eigenvalue weighted by Gasteiger charge is -2.16. The summed E-state index contributed by atoms with van der Waals surface area (Å²) in [5.74, 6) is 1.27. The molecular formula is C20H25F3N4O2S. The number of aromatic nitrogens is 1. The van der Waals surface area contributed by atoms with Gasteiger partial charge in [-0.3, -0.25) is 0 Å². The maximum absolute atomic E-state index is 12.7. The minimum absolute atomic E-state index is 0.0358. The van der Waals surface area contributed by atoms with Crippen LogP contribution in [0.4, 0.5) is 13.2 Å². The van der Waals surface area contributed by atoms with Crippen molar-refractivity contribution in [1.29, 1.82) is 0 Å². The van der Waals surface area contributed by atoms with Crippen molar-refractivity contribution in [2.45, 2.75) is 45.6 Å². The van der Waals surface area contributed by atoms with E-state index in [9.17, 15) is 13.2 Å². The van der Waals surface area contributed by atoms with E-state index in [1.165, 1.54) is 0 Å². The molecule has 1 atom stereocenters. The Morgan fingerprint density at radius 2 is 2.20 bits per heavy atom. The minimum atomic E-state index is -4.43. The van der Waals surface area contributed by atoms with E-state index < -0.39 is 11.9 Å². The summed E-state index contributed by atoms with van der Waals surface area (Å²) in [6, 6.07) is 5.96. The third-order valence-electron chi connectivity index (χ3n) is 4.41. The molecule has 0 bridgehead atoms. The number of nitrogens with one attached hydrogen (secondary N) is 2. The summed E-state index contributed by atoms with van der Waals surface area (Å²) >= 11 is 0.964. The van der Waals surface area contributed by atoms with E-state index in [1.807, 2.05) is 32.0 Å². The lowest BCUT2D eigenvalue weighted by atomic mass is 10.1. The Morgan fingerprint density at radius 3 is 2.87 bits per heavy atom. The SMILES string of the molecule is CCNC(=NCc1ccc(C)cc1OC1CCOC1)NCc1nc(C(F)(F)F)cs1. The molecule has 1 aromatic carbocycles. The Kier molecular flexibility index (Phi) is 7.54. The molecule has 164 valence electrons. The van der Waals surface area contributed by atoms with Crippen LogP contribution in [-0.4, -0.2) is 36.8 Å². The fourth-order valence-electron chi connectivity index (χ4n) is 2.88. The second-order valence-corrected chi connectivity index (χ2v) is 7.83. The number of thiazole rings is 1. The Balaban J connectivity index is 1.66. The first-order valence-corrected chi connectivity index (χ1v) is 10.6. The number of aryl methyl sites for hydroxylation is 1. The minimum Gasteiger partial charge on any atom is -0.488 e. The fraction of sp³-hybridized carbons (Fsp3) is 0.500. The van der Waals surface area contributed by atoms with Crippen LogP contribution in [-0.2, 0) is 24.0 Å². The molecule has 2 N–H and O–H groups in total. The quantitative estimate of drug-likeness (QED) is 0.503. The molecule has 1 aromatic heterocycles. The van der Waals surface area contributed by atoms with Crippen LogP contribution in [0.15, 0.2) is 28.6 Å². The van der Waals surface area contributed by atoms with E-state index >= 15 is 0 Å². The van der Waals surface area contributed by atoms with Crippen LogP contribution in [0.2, 0.25) is 0 Å². The van der Waals surface area contributed by atoms with Gasteiger partial charge in [-0.15, -0.1) is 11.3 Å². The Bertz CT molecular complexity index is 864. The highest BCUT2D eigenvalue weighted by molar-refractivity contribution is 7.09. The largest absolute Gasteiger partial charge is 0.488 e. The van der Waals surface area contributed by atoms with Gasteiger partial charge in [0.15, 0.2) is 11.7 Å². The van der Waals surface area contributed by atoms with Gasteiger partial charge in [-0.25, -0.2) is 9.98 Å². The third kappa shape index (κ3) is 6.33. The van der Waals surface area contributed by atoms with Gasteiger partial charge < -0.3 is 20.1 Å². The molecule has 0 radical (unpaired) electrons. The number of benzene rings is 1. The van der Waals surface area contributed by atoms with E-state index in [2.05, 4.69) is 20.6 Å². The number of guanidine groups is 1. The molecule has 6 nitrogen and oxygen atoms in total. The standard InChI is InChI=1S/C20H25F3N4O2S/c1-3-24-19(26-10-18-27-17(12-30-18)20(21,22)23)25-9-14-5-4-13(2)8-16(14)29-15-6-7-28-11-15/h4-5,8,12,15H,3,6-7,9-11H2,1-2H3,(H2,24,25,26). The molecule has 0 aliphatic carbocycles. The second kappa shape index (κ2) is 10.1. The summed E-state index contributed by atoms with van der Waals surface area (Å²) in [6.45, 7) is 6.34. The first-order chi connectivity index (χ1) is 14.3. The molecule has 1 saturated heterocycles. The molecular weight excluding hydrogens is 417 g/mol. The van der Waals surface area contributed by atoms with Crippen molar-refractivity contribution in [3.05, 3.63) is 45.4 Å². The first-order valence-electron chi connectivity index (χ1n) is 9.73. The number of nitrogens with zero attached hydrogens (tertiary/aromatic N) is 2. The number of hydrogen-bond acceptors (Lipinski definition) is 5. The van der Waals surface area contributed by atoms with Gasteiger partial charge in [-0.2, -0.15) is 13.2 Å². The van der Waals surface area contributed by atoms with Crippen molar-refractivity contribution >= 4 is 17.3 Å². The predicted molar refractivity (Wildman–Crippen MR) is 110 cm³/mol. The summed E-state index contributed by atoms with van der Waals surface area (Å²) in [7, 11) is 0. The lowest BCUT2D eigenvalue weighted by molar-refractivity contribution is -0.140. The number of alkyl halides is 3. The summed E-state index contributed by atoms with van der Waals surface area (Å²) in [4.78, 5) is 8.19. The summed E-state index contributed by atoms with van der Waals surface area (Å²) in [5.41, 5.74) is 1.15. The Morgan fingerprint density at radius 1 is 1.37 bits per heavy atom. The molecule has 1 fully saturated rings. The monoisotopic (exact) mass is 442 g/mol. The van der Waals surface area contributed by atoms with E-state index in [0.29, 0.717) is 37.3 Å². The smallest absolute Gasteiger partial charge is 0.434 e. The second-order valence-electron chi connectivity index (χ2n) is 6.89. The van der Waals surface area contributed by atoms with Crippen molar-refractivity contribution in [3.8, 4) is 5.75 Å². The molecule has 3 rings (SSSR count). The summed E-state index contributed by atoms with van der Waals surface area (Å²) in [5, 5.41) is 7.49. The summed E-state index contributed by atoms with van der Waals surface area (Å²) < 4.78 is 49.6. The molecule has 2 heterocycles. The number of hydrogen-bond donors (Lipinski definition) is 2. The predicted octanol–water partition coefficient (Wildman–Crippen LogP) is 3.89. The highest BCUT2D eigenvalue weighted by Gasteiger charge is 2.33. The van der Waals surface area contributed by atoms with Gasteiger partial charge >= 0.3 is 6.18 Å². The van der Waals surface area contributed by atoms with Gasteiger partial charge in [-0.1, -0.05) is 12.1 Å². The number of ether oxygens (including phenoxy) is 2. The molecule has 0 spiro atoms. The molecule has 0 amide bonds. The van der Waals surface area contributed by atoms with Crippen molar-refractivity contribution in [1.82, 2.24) is 15.6 Å². The Labute approximate surface area is 177 Å². The topological polar surface area (TPSA) is 67.8 Å². The van der Waals surface area contributed by atoms with Crippen molar-refractivity contribution < 1.29 is 22.6 Å². The molecule has 1 aliphatic heterocycles. The molecule has 1 unspecified atom stereocenters. The van der Waals surface area contributed by atoms with Crippen molar-refractivity contribution in [2.75, 3.05) is 19.8 Å². The first kappa shape index (κ1) is 22.4. The normalized spacial score (nSPS) is 17.2. The fourth-order valence-corrected chi connectivity index (χ4v) is 3.62. The van der Waals surface area contributed by atoms with E-state index in [0.717, 1.165) is 40.0 Å². The number of rotatable bonds is 7. The number of aliphatic imine (C=N–C) groups is 1. The van der Waals surface area contributed by atoms with E-state index in [4.69, 9.17) is 9.47 Å². The maximum atomic E-state index is 12.7. The zero-order chi connectivity index (χ0) is 21.6. The molecule has 30 heavy (non-hydrogen) atoms. The van der Waals surface area contributed by atoms with Gasteiger partial charge in [-0.05, 0) is 25.5 Å². The Hall–Kier alpha value is -2.33. The number of halogens is 3. The van der Waals surface area contributed by atoms with Gasteiger partial charge in [0.25, 0.3) is 0 Å². The zero-order valence-electron chi connectivity index (χ0n) is 16.9. The van der Waals surface area contributed by atoms with Crippen LogP contribution in [0.25, 0.3) is 0 Å². The van der Waals surface area contributed by atoms with Crippen molar-refractivity contribution in [3.63, 3.8) is 0 Å². The molecule has 2 aromatic rings. The van der Waals surface area contributed by atoms with Crippen LogP contribution in [0.3, 0.4) is 0 Å². The van der Waals surface area contributed by atoms with Crippen LogP contribution >= 0.6 is 11.3 Å². The highest BCUT2D eigenvalue weighted by Crippen LogP contribution is 2.30. The van der Waals surface area contributed by atoms with Gasteiger partial charge in [0, 0.05) is 23.9 Å². The van der Waals surface area contributed by atoms with Gasteiger partial charge in [0.1, 0.15) is 16.9 Å². The lowest BCUT2D eigenvalue weighted by Crippen LogP contribution is -2.36. The van der Waals surface area contributed by atoms with Crippen LogP contribution in [0.5, 0.6) is 5.75 Å². The maximum Gasteiger partial charge on any atom is 0.434 e. The van der Waals surface area contributed by atoms with Crippen LogP contribution in [0, 0.1) is 6.92 Å². The van der Waals surface area contributed by atoms with E-state index in [1.54, 1.807) is 0 Å². The van der Waals surface area contributed by atoms with Gasteiger partial charge in [0.05, 0.1) is 26.3 Å². The third-order valence-corrected chi connectivity index (χ3v) is 5.25. The highest BCUT2D eigenvalue weighted by atomic mass is 32.1. The zero-order valence-corrected chi connectivity index (χ0v) is 17.7. The average molecular weight is 443 g/mol. The van der Waals surface area contributed by atoms with Crippen molar-refractivity contribution in [2.24, 2.45) is 4.99 Å². The van der Waals surface area contributed by atoms with Gasteiger partial charge in [0.2, 0.25) is 0 Å². The summed E-state index contributed by atoms with van der Waals surface area (Å²) in [6.07, 6.45) is -3.54. The average Bonchev–Trinajstić information content (AvgIpc) is 3.37. The van der Waals surface area contributed by atoms with E-state index in [-0.39, 0.29) is 12.6 Å². The molecule has 1 aliphatic rings. The molecule has 0 saturated carbocycles. The van der Waals surface area contributed by atoms with Crippen LogP contribution in [0.1, 0.15) is 35.2 Å².